The van der Waals surface area contributed by atoms with Crippen LogP contribution in [0.5, 0.6) is 0 Å². The third-order valence-electron chi connectivity index (χ3n) is 4.31. The molecule has 0 unspecified atom stereocenters. The summed E-state index contributed by atoms with van der Waals surface area (Å²) in [5.41, 5.74) is 3.33. The summed E-state index contributed by atoms with van der Waals surface area (Å²) < 4.78 is 0. The van der Waals surface area contributed by atoms with Gasteiger partial charge >= 0.3 is 0 Å². The van der Waals surface area contributed by atoms with Crippen LogP contribution in [0.25, 0.3) is 10.2 Å². The summed E-state index contributed by atoms with van der Waals surface area (Å²) in [5, 5.41) is 5.55. The molecule has 1 aliphatic carbocycles. The number of hydrogen-bond acceptors (Lipinski definition) is 4. The van der Waals surface area contributed by atoms with Gasteiger partial charge in [-0.05, 0) is 67.5 Å². The average Bonchev–Trinajstić information content (AvgIpc) is 2.89. The first-order valence-corrected chi connectivity index (χ1v) is 9.20. The summed E-state index contributed by atoms with van der Waals surface area (Å²) >= 11 is 14.1. The Morgan fingerprint density at radius 1 is 1.13 bits per heavy atom. The second kappa shape index (κ2) is 5.93. The van der Waals surface area contributed by atoms with Crippen molar-refractivity contribution in [1.29, 1.82) is 0 Å². The Morgan fingerprint density at radius 2 is 1.96 bits per heavy atom. The number of benzene rings is 1. The van der Waals surface area contributed by atoms with Gasteiger partial charge in [0.05, 0.1) is 5.39 Å². The highest BCUT2D eigenvalue weighted by Gasteiger charge is 2.21. The normalized spacial score (nSPS) is 14.0. The van der Waals surface area contributed by atoms with E-state index in [1.807, 2.05) is 25.1 Å². The van der Waals surface area contributed by atoms with E-state index in [9.17, 15) is 0 Å². The van der Waals surface area contributed by atoms with E-state index in [4.69, 9.17) is 23.2 Å². The van der Waals surface area contributed by atoms with E-state index in [0.29, 0.717) is 0 Å². The van der Waals surface area contributed by atoms with Gasteiger partial charge < -0.3 is 5.32 Å². The van der Waals surface area contributed by atoms with Crippen LogP contribution in [0.3, 0.4) is 0 Å². The molecule has 1 N–H and O–H groups in total. The quantitative estimate of drug-likeness (QED) is 0.573. The zero-order chi connectivity index (χ0) is 16.0. The summed E-state index contributed by atoms with van der Waals surface area (Å²) in [7, 11) is 0. The highest BCUT2D eigenvalue weighted by Crippen LogP contribution is 2.40. The first-order chi connectivity index (χ1) is 11.1. The fraction of sp³-hybridized carbons (Fsp3) is 0.294. The molecule has 2 heterocycles. The molecule has 0 atom stereocenters. The molecular formula is C17H15Cl2N3S. The number of aromatic nitrogens is 2. The summed E-state index contributed by atoms with van der Waals surface area (Å²) in [4.78, 5) is 11.3. The molecule has 3 nitrogen and oxygen atoms in total. The van der Waals surface area contributed by atoms with E-state index in [2.05, 4.69) is 15.3 Å². The van der Waals surface area contributed by atoms with Crippen molar-refractivity contribution in [3.05, 3.63) is 44.5 Å². The molecule has 1 aliphatic rings. The lowest BCUT2D eigenvalue weighted by molar-refractivity contribution is 0.700. The monoisotopic (exact) mass is 363 g/mol. The van der Waals surface area contributed by atoms with Crippen LogP contribution in [0.4, 0.5) is 11.5 Å². The van der Waals surface area contributed by atoms with Crippen molar-refractivity contribution in [2.75, 3.05) is 5.32 Å². The molecule has 0 saturated carbocycles. The van der Waals surface area contributed by atoms with Crippen LogP contribution < -0.4 is 5.32 Å². The second-order valence-electron chi connectivity index (χ2n) is 5.77. The molecule has 0 amide bonds. The van der Waals surface area contributed by atoms with Gasteiger partial charge in [-0.3, -0.25) is 0 Å². The predicted molar refractivity (Wildman–Crippen MR) is 98.5 cm³/mol. The Bertz CT molecular complexity index is 904. The Balaban J connectivity index is 1.89. The minimum Gasteiger partial charge on any atom is -0.339 e. The largest absolute Gasteiger partial charge is 0.339 e. The molecule has 3 aromatic rings. The second-order valence-corrected chi connectivity index (χ2v) is 7.60. The lowest BCUT2D eigenvalue weighted by atomic mass is 9.97. The number of nitrogens with one attached hydrogen (secondary N) is 1. The first-order valence-electron chi connectivity index (χ1n) is 7.63. The van der Waals surface area contributed by atoms with Crippen molar-refractivity contribution in [2.45, 2.75) is 32.6 Å². The van der Waals surface area contributed by atoms with Gasteiger partial charge in [0, 0.05) is 15.6 Å². The minimum absolute atomic E-state index is 0.276. The zero-order valence-electron chi connectivity index (χ0n) is 12.6. The van der Waals surface area contributed by atoms with E-state index in [-0.39, 0.29) is 5.28 Å². The molecular weight excluding hydrogens is 349 g/mol. The van der Waals surface area contributed by atoms with Crippen LogP contribution in [0.15, 0.2) is 18.2 Å². The third kappa shape index (κ3) is 2.69. The minimum atomic E-state index is 0.276. The molecule has 23 heavy (non-hydrogen) atoms. The lowest BCUT2D eigenvalue weighted by Gasteiger charge is -2.14. The van der Waals surface area contributed by atoms with Gasteiger partial charge in [-0.1, -0.05) is 17.7 Å². The summed E-state index contributed by atoms with van der Waals surface area (Å²) in [5.74, 6) is 0.782. The van der Waals surface area contributed by atoms with Crippen molar-refractivity contribution in [3.63, 3.8) is 0 Å². The van der Waals surface area contributed by atoms with E-state index in [0.717, 1.165) is 45.1 Å². The van der Waals surface area contributed by atoms with Gasteiger partial charge in [-0.25, -0.2) is 4.98 Å². The van der Waals surface area contributed by atoms with Crippen molar-refractivity contribution < 1.29 is 0 Å². The number of aryl methyl sites for hydroxylation is 2. The molecule has 118 valence electrons. The van der Waals surface area contributed by atoms with Crippen molar-refractivity contribution in [3.8, 4) is 0 Å². The molecule has 6 heteroatoms. The van der Waals surface area contributed by atoms with Gasteiger partial charge in [0.1, 0.15) is 10.6 Å². The molecule has 0 radical (unpaired) electrons. The van der Waals surface area contributed by atoms with E-state index in [1.54, 1.807) is 11.3 Å². The van der Waals surface area contributed by atoms with Crippen LogP contribution in [0.2, 0.25) is 10.3 Å². The standard InChI is InChI=1S/C17H15Cl2N3S/c1-9-11(18)6-4-7-12(9)20-15-14-10-5-2-3-8-13(10)23-16(14)22-17(19)21-15/h4,6-7H,2-3,5,8H2,1H3,(H,20,21,22). The fourth-order valence-electron chi connectivity index (χ4n) is 3.09. The fourth-order valence-corrected chi connectivity index (χ4v) is 4.75. The van der Waals surface area contributed by atoms with E-state index >= 15 is 0 Å². The third-order valence-corrected chi connectivity index (χ3v) is 6.07. The Labute approximate surface area is 148 Å². The highest BCUT2D eigenvalue weighted by atomic mass is 35.5. The number of halogens is 2. The highest BCUT2D eigenvalue weighted by molar-refractivity contribution is 7.19. The smallest absolute Gasteiger partial charge is 0.225 e. The lowest BCUT2D eigenvalue weighted by Crippen LogP contribution is -2.02. The van der Waals surface area contributed by atoms with Gasteiger partial charge in [0.25, 0.3) is 0 Å². The van der Waals surface area contributed by atoms with Crippen molar-refractivity contribution >= 4 is 56.3 Å². The van der Waals surface area contributed by atoms with Gasteiger partial charge in [-0.15, -0.1) is 11.3 Å². The first kappa shape index (κ1) is 15.2. The number of hydrogen-bond donors (Lipinski definition) is 1. The van der Waals surface area contributed by atoms with Crippen LogP contribution in [-0.2, 0) is 12.8 Å². The maximum absolute atomic E-state index is 6.23. The topological polar surface area (TPSA) is 37.8 Å². The molecule has 1 aromatic carbocycles. The van der Waals surface area contributed by atoms with Gasteiger partial charge in [-0.2, -0.15) is 4.98 Å². The maximum Gasteiger partial charge on any atom is 0.225 e. The number of thiophene rings is 1. The average molecular weight is 364 g/mol. The Hall–Kier alpha value is -1.36. The Kier molecular flexibility index (Phi) is 3.92. The van der Waals surface area contributed by atoms with Crippen LogP contribution >= 0.6 is 34.5 Å². The van der Waals surface area contributed by atoms with Crippen molar-refractivity contribution in [1.82, 2.24) is 9.97 Å². The van der Waals surface area contributed by atoms with Gasteiger partial charge in [0.2, 0.25) is 5.28 Å². The van der Waals surface area contributed by atoms with Crippen LogP contribution in [0, 0.1) is 6.92 Å². The molecule has 0 bridgehead atoms. The zero-order valence-corrected chi connectivity index (χ0v) is 14.9. The van der Waals surface area contributed by atoms with E-state index < -0.39 is 0 Å². The molecule has 0 aliphatic heterocycles. The Morgan fingerprint density at radius 3 is 2.83 bits per heavy atom. The molecule has 0 saturated heterocycles. The van der Waals surface area contributed by atoms with Crippen LogP contribution in [0.1, 0.15) is 28.8 Å². The van der Waals surface area contributed by atoms with E-state index in [1.165, 1.54) is 23.3 Å². The maximum atomic E-state index is 6.23. The number of rotatable bonds is 2. The summed E-state index contributed by atoms with van der Waals surface area (Å²) in [6, 6.07) is 5.82. The number of fused-ring (bicyclic) bond motifs is 3. The molecule has 0 spiro atoms. The molecule has 2 aromatic heterocycles. The predicted octanol–water partition coefficient (Wildman–Crippen LogP) is 5.93. The molecule has 0 fully saturated rings. The number of nitrogens with zero attached hydrogens (tertiary/aromatic N) is 2. The molecule has 4 rings (SSSR count). The summed E-state index contributed by atoms with van der Waals surface area (Å²) in [6.07, 6.45) is 4.68. The van der Waals surface area contributed by atoms with Crippen LogP contribution in [-0.4, -0.2) is 9.97 Å². The van der Waals surface area contributed by atoms with Gasteiger partial charge in [0.15, 0.2) is 0 Å². The van der Waals surface area contributed by atoms with Crippen molar-refractivity contribution in [2.24, 2.45) is 0 Å². The summed E-state index contributed by atoms with van der Waals surface area (Å²) in [6.45, 7) is 1.99. The number of anilines is 2. The SMILES string of the molecule is Cc1c(Cl)cccc1Nc1nc(Cl)nc2sc3c(c12)CCCC3.